The molecule has 1 unspecified atom stereocenters. The van der Waals surface area contributed by atoms with Gasteiger partial charge in [0.1, 0.15) is 0 Å². The van der Waals surface area contributed by atoms with Gasteiger partial charge in [-0.3, -0.25) is 0 Å². The van der Waals surface area contributed by atoms with Gasteiger partial charge in [-0.05, 0) is 43.5 Å². The highest BCUT2D eigenvalue weighted by Crippen LogP contribution is 2.39. The van der Waals surface area contributed by atoms with E-state index in [2.05, 4.69) is 59.9 Å². The van der Waals surface area contributed by atoms with E-state index in [1.807, 2.05) is 0 Å². The Balaban J connectivity index is 2.17. The van der Waals surface area contributed by atoms with Gasteiger partial charge in [0, 0.05) is 11.9 Å². The summed E-state index contributed by atoms with van der Waals surface area (Å²) in [4.78, 5) is 3.38. The van der Waals surface area contributed by atoms with E-state index in [-0.39, 0.29) is 5.54 Å². The van der Waals surface area contributed by atoms with Gasteiger partial charge in [-0.25, -0.2) is 0 Å². The van der Waals surface area contributed by atoms with Crippen molar-refractivity contribution in [2.75, 3.05) is 7.05 Å². The molecule has 0 saturated carbocycles. The van der Waals surface area contributed by atoms with E-state index in [1.165, 1.54) is 36.1 Å². The lowest BCUT2D eigenvalue weighted by molar-refractivity contribution is 0.369. The lowest BCUT2D eigenvalue weighted by Gasteiger charge is -2.38. The molecular formula is C15H18N2. The van der Waals surface area contributed by atoms with Crippen molar-refractivity contribution in [1.29, 1.82) is 0 Å². The quantitative estimate of drug-likeness (QED) is 0.809. The van der Waals surface area contributed by atoms with Crippen molar-refractivity contribution in [3.63, 3.8) is 0 Å². The molecule has 0 amide bonds. The molecule has 2 heteroatoms. The molecule has 1 aromatic carbocycles. The third-order valence-corrected chi connectivity index (χ3v) is 3.96. The molecule has 0 radical (unpaired) electrons. The molecule has 0 bridgehead atoms. The molecule has 0 saturated heterocycles. The first-order valence-corrected chi connectivity index (χ1v) is 6.28. The predicted octanol–water partition coefficient (Wildman–Crippen LogP) is 2.81. The fourth-order valence-electron chi connectivity index (χ4n) is 3.10. The minimum absolute atomic E-state index is 0.00512. The van der Waals surface area contributed by atoms with Crippen molar-refractivity contribution in [2.45, 2.75) is 24.8 Å². The highest BCUT2D eigenvalue weighted by molar-refractivity contribution is 5.42. The number of rotatable bonds is 2. The van der Waals surface area contributed by atoms with Crippen molar-refractivity contribution in [1.82, 2.24) is 10.3 Å². The number of benzene rings is 1. The molecule has 17 heavy (non-hydrogen) atoms. The minimum atomic E-state index is -0.00512. The molecule has 2 N–H and O–H groups in total. The monoisotopic (exact) mass is 226 g/mol. The second-order valence-corrected chi connectivity index (χ2v) is 4.74. The molecule has 1 atom stereocenters. The summed E-state index contributed by atoms with van der Waals surface area (Å²) in [5, 5.41) is 3.56. The van der Waals surface area contributed by atoms with Crippen LogP contribution < -0.4 is 5.32 Å². The Morgan fingerprint density at radius 1 is 1.18 bits per heavy atom. The smallest absolute Gasteiger partial charge is 0.0705 e. The molecule has 1 aromatic heterocycles. The maximum Gasteiger partial charge on any atom is 0.0705 e. The Bertz CT molecular complexity index is 501. The molecule has 2 nitrogen and oxygen atoms in total. The van der Waals surface area contributed by atoms with E-state index < -0.39 is 0 Å². The van der Waals surface area contributed by atoms with Crippen LogP contribution in [0.5, 0.6) is 0 Å². The summed E-state index contributed by atoms with van der Waals surface area (Å²) in [6.45, 7) is 0. The van der Waals surface area contributed by atoms with Gasteiger partial charge < -0.3 is 10.3 Å². The second-order valence-electron chi connectivity index (χ2n) is 4.74. The lowest BCUT2D eigenvalue weighted by Crippen LogP contribution is -2.43. The Kier molecular flexibility index (Phi) is 2.52. The first kappa shape index (κ1) is 10.6. The van der Waals surface area contributed by atoms with Crippen LogP contribution in [0.1, 0.15) is 29.7 Å². The van der Waals surface area contributed by atoms with Crippen LogP contribution in [0.4, 0.5) is 0 Å². The number of aromatic amines is 1. The summed E-state index contributed by atoms with van der Waals surface area (Å²) >= 11 is 0. The second kappa shape index (κ2) is 4.04. The maximum atomic E-state index is 3.56. The van der Waals surface area contributed by atoms with Crippen LogP contribution >= 0.6 is 0 Å². The first-order chi connectivity index (χ1) is 8.37. The van der Waals surface area contributed by atoms with Crippen LogP contribution in [-0.2, 0) is 12.0 Å². The van der Waals surface area contributed by atoms with Crippen LogP contribution in [-0.4, -0.2) is 12.0 Å². The van der Waals surface area contributed by atoms with Gasteiger partial charge in [0.2, 0.25) is 0 Å². The standard InChI is InChI=1S/C15H18N2/c1-16-15(12-6-3-2-4-7-12)10-5-8-14-13(15)9-11-17-14/h2-4,6-7,9,11,16-17H,5,8,10H2,1H3. The number of aromatic nitrogens is 1. The highest BCUT2D eigenvalue weighted by Gasteiger charge is 2.37. The minimum Gasteiger partial charge on any atom is -0.365 e. The normalized spacial score (nSPS) is 23.4. The summed E-state index contributed by atoms with van der Waals surface area (Å²) in [6.07, 6.45) is 5.62. The Morgan fingerprint density at radius 2 is 2.00 bits per heavy atom. The van der Waals surface area contributed by atoms with Crippen molar-refractivity contribution in [3.05, 3.63) is 59.4 Å². The molecule has 0 fully saturated rings. The molecule has 1 heterocycles. The van der Waals surface area contributed by atoms with Crippen molar-refractivity contribution >= 4 is 0 Å². The van der Waals surface area contributed by atoms with Gasteiger partial charge in [-0.2, -0.15) is 0 Å². The zero-order chi connectivity index (χ0) is 11.7. The van der Waals surface area contributed by atoms with Crippen LogP contribution in [0.3, 0.4) is 0 Å². The number of hydrogen-bond acceptors (Lipinski definition) is 1. The summed E-state index contributed by atoms with van der Waals surface area (Å²) in [7, 11) is 2.06. The van der Waals surface area contributed by atoms with E-state index in [1.54, 1.807) is 0 Å². The van der Waals surface area contributed by atoms with E-state index in [0.29, 0.717) is 0 Å². The highest BCUT2D eigenvalue weighted by atomic mass is 15.0. The first-order valence-electron chi connectivity index (χ1n) is 6.28. The predicted molar refractivity (Wildman–Crippen MR) is 70.0 cm³/mol. The maximum absolute atomic E-state index is 3.56. The van der Waals surface area contributed by atoms with Gasteiger partial charge in [-0.1, -0.05) is 30.3 Å². The zero-order valence-corrected chi connectivity index (χ0v) is 10.2. The summed E-state index contributed by atoms with van der Waals surface area (Å²) in [6, 6.07) is 13.0. The van der Waals surface area contributed by atoms with Crippen LogP contribution in [0.2, 0.25) is 0 Å². The zero-order valence-electron chi connectivity index (χ0n) is 10.2. The molecule has 0 spiro atoms. The number of fused-ring (bicyclic) bond motifs is 1. The summed E-state index contributed by atoms with van der Waals surface area (Å²) in [5.41, 5.74) is 4.16. The van der Waals surface area contributed by atoms with Crippen LogP contribution in [0.25, 0.3) is 0 Å². The molecule has 1 aliphatic rings. The third kappa shape index (κ3) is 1.52. The Labute approximate surface area is 102 Å². The molecule has 2 aromatic rings. The van der Waals surface area contributed by atoms with Gasteiger partial charge in [0.15, 0.2) is 0 Å². The largest absolute Gasteiger partial charge is 0.365 e. The number of aryl methyl sites for hydroxylation is 1. The van der Waals surface area contributed by atoms with Gasteiger partial charge >= 0.3 is 0 Å². The molecule has 3 rings (SSSR count). The molecular weight excluding hydrogens is 208 g/mol. The van der Waals surface area contributed by atoms with Crippen LogP contribution in [0.15, 0.2) is 42.6 Å². The number of hydrogen-bond donors (Lipinski definition) is 2. The third-order valence-electron chi connectivity index (χ3n) is 3.96. The van der Waals surface area contributed by atoms with Crippen molar-refractivity contribution < 1.29 is 0 Å². The number of H-pyrrole nitrogens is 1. The topological polar surface area (TPSA) is 27.8 Å². The summed E-state index contributed by atoms with van der Waals surface area (Å²) in [5.74, 6) is 0. The van der Waals surface area contributed by atoms with Crippen molar-refractivity contribution in [3.8, 4) is 0 Å². The molecule has 88 valence electrons. The van der Waals surface area contributed by atoms with Crippen LogP contribution in [0, 0.1) is 0 Å². The van der Waals surface area contributed by atoms with E-state index in [9.17, 15) is 0 Å². The number of nitrogens with one attached hydrogen (secondary N) is 2. The van der Waals surface area contributed by atoms with Gasteiger partial charge in [0.25, 0.3) is 0 Å². The van der Waals surface area contributed by atoms with Gasteiger partial charge in [-0.15, -0.1) is 0 Å². The Hall–Kier alpha value is -1.54. The van der Waals surface area contributed by atoms with Crippen molar-refractivity contribution in [2.24, 2.45) is 0 Å². The molecule has 1 aliphatic carbocycles. The van der Waals surface area contributed by atoms with Gasteiger partial charge in [0.05, 0.1) is 5.54 Å². The average Bonchev–Trinajstić information content (AvgIpc) is 2.88. The summed E-state index contributed by atoms with van der Waals surface area (Å²) < 4.78 is 0. The molecule has 0 aliphatic heterocycles. The Morgan fingerprint density at radius 3 is 2.76 bits per heavy atom. The SMILES string of the molecule is CNC1(c2ccccc2)CCCc2[nH]ccc21. The van der Waals surface area contributed by atoms with E-state index in [4.69, 9.17) is 0 Å². The fraction of sp³-hybridized carbons (Fsp3) is 0.333. The average molecular weight is 226 g/mol. The van der Waals surface area contributed by atoms with E-state index in [0.717, 1.165) is 0 Å². The fourth-order valence-corrected chi connectivity index (χ4v) is 3.10. The van der Waals surface area contributed by atoms with E-state index >= 15 is 0 Å². The lowest BCUT2D eigenvalue weighted by atomic mass is 9.75.